The number of rotatable bonds is 2. The molecule has 3 aliphatic heterocycles. The molecule has 0 N–H and O–H groups in total. The van der Waals surface area contributed by atoms with E-state index in [1.807, 2.05) is 18.0 Å². The number of ether oxygens (including phenoxy) is 5. The topological polar surface area (TPSA) is 83.5 Å². The van der Waals surface area contributed by atoms with E-state index in [0.29, 0.717) is 23.8 Å². The van der Waals surface area contributed by atoms with E-state index in [2.05, 4.69) is 0 Å². The van der Waals surface area contributed by atoms with Gasteiger partial charge in [0, 0.05) is 26.0 Å². The molecule has 0 saturated carbocycles. The first-order valence-corrected chi connectivity index (χ1v) is 8.47. The highest BCUT2D eigenvalue weighted by molar-refractivity contribution is 5.98. The molecule has 0 aliphatic carbocycles. The summed E-state index contributed by atoms with van der Waals surface area (Å²) in [5, 5.41) is 0. The SMILES string of the molecule is COc1c2c(cc3c1[C@H](C1C(=O)OC(C)(C)OC1=O)N(C)CC3)OCO2. The molecule has 3 aliphatic rings. The number of esters is 2. The molecule has 1 aromatic carbocycles. The lowest BCUT2D eigenvalue weighted by molar-refractivity contribution is -0.243. The molecule has 0 bridgehead atoms. The minimum Gasteiger partial charge on any atom is -0.492 e. The van der Waals surface area contributed by atoms with Crippen molar-refractivity contribution in [2.45, 2.75) is 32.1 Å². The van der Waals surface area contributed by atoms with Crippen LogP contribution in [0, 0.1) is 5.92 Å². The molecule has 0 unspecified atom stereocenters. The predicted molar refractivity (Wildman–Crippen MR) is 87.9 cm³/mol. The zero-order valence-electron chi connectivity index (χ0n) is 15.2. The summed E-state index contributed by atoms with van der Waals surface area (Å²) in [4.78, 5) is 27.3. The Balaban J connectivity index is 1.84. The quantitative estimate of drug-likeness (QED) is 0.576. The van der Waals surface area contributed by atoms with Crippen molar-refractivity contribution in [3.8, 4) is 17.2 Å². The van der Waals surface area contributed by atoms with E-state index in [4.69, 9.17) is 23.7 Å². The largest absolute Gasteiger partial charge is 0.492 e. The number of benzene rings is 1. The third-order valence-electron chi connectivity index (χ3n) is 4.97. The summed E-state index contributed by atoms with van der Waals surface area (Å²) in [6.45, 7) is 3.85. The summed E-state index contributed by atoms with van der Waals surface area (Å²) in [6, 6.07) is 1.32. The van der Waals surface area contributed by atoms with Gasteiger partial charge in [-0.25, -0.2) is 0 Å². The maximum absolute atomic E-state index is 12.7. The van der Waals surface area contributed by atoms with Crippen LogP contribution in [0.4, 0.5) is 0 Å². The molecular formula is C18H21NO7. The van der Waals surface area contributed by atoms with Crippen LogP contribution >= 0.6 is 0 Å². The van der Waals surface area contributed by atoms with Crippen molar-refractivity contribution in [1.29, 1.82) is 0 Å². The van der Waals surface area contributed by atoms with Crippen LogP contribution in [-0.2, 0) is 25.5 Å². The van der Waals surface area contributed by atoms with Crippen molar-refractivity contribution in [2.75, 3.05) is 27.5 Å². The number of hydrogen-bond donors (Lipinski definition) is 0. The van der Waals surface area contributed by atoms with E-state index in [1.54, 1.807) is 0 Å². The van der Waals surface area contributed by atoms with Crippen LogP contribution in [0.1, 0.15) is 31.0 Å². The smallest absolute Gasteiger partial charge is 0.325 e. The Bertz CT molecular complexity index is 768. The van der Waals surface area contributed by atoms with E-state index >= 15 is 0 Å². The molecule has 4 rings (SSSR count). The van der Waals surface area contributed by atoms with Gasteiger partial charge in [-0.05, 0) is 25.1 Å². The zero-order valence-corrected chi connectivity index (χ0v) is 15.2. The summed E-state index contributed by atoms with van der Waals surface area (Å²) >= 11 is 0. The van der Waals surface area contributed by atoms with Crippen molar-refractivity contribution in [3.63, 3.8) is 0 Å². The van der Waals surface area contributed by atoms with Crippen LogP contribution in [-0.4, -0.2) is 50.1 Å². The predicted octanol–water partition coefficient (Wildman–Crippen LogP) is 1.41. The van der Waals surface area contributed by atoms with Crippen LogP contribution in [0.5, 0.6) is 17.2 Å². The highest BCUT2D eigenvalue weighted by Crippen LogP contribution is 2.51. The van der Waals surface area contributed by atoms with Gasteiger partial charge >= 0.3 is 11.9 Å². The van der Waals surface area contributed by atoms with Crippen LogP contribution < -0.4 is 14.2 Å². The van der Waals surface area contributed by atoms with Gasteiger partial charge in [0.25, 0.3) is 5.79 Å². The lowest BCUT2D eigenvalue weighted by Gasteiger charge is -2.42. The maximum atomic E-state index is 12.7. The second-order valence-corrected chi connectivity index (χ2v) is 7.11. The van der Waals surface area contributed by atoms with Gasteiger partial charge in [0.1, 0.15) is 0 Å². The van der Waals surface area contributed by atoms with Gasteiger partial charge in [-0.3, -0.25) is 14.5 Å². The first-order valence-electron chi connectivity index (χ1n) is 8.47. The first kappa shape index (κ1) is 17.0. The van der Waals surface area contributed by atoms with Gasteiger partial charge in [0.15, 0.2) is 17.4 Å². The molecule has 0 amide bonds. The Morgan fingerprint density at radius 2 is 1.88 bits per heavy atom. The number of hydrogen-bond acceptors (Lipinski definition) is 8. The summed E-state index contributed by atoms with van der Waals surface area (Å²) in [6.07, 6.45) is 0.734. The minimum atomic E-state index is -1.26. The maximum Gasteiger partial charge on any atom is 0.325 e. The monoisotopic (exact) mass is 363 g/mol. The molecule has 1 aromatic rings. The first-order chi connectivity index (χ1) is 12.3. The Morgan fingerprint density at radius 3 is 2.54 bits per heavy atom. The lowest BCUT2D eigenvalue weighted by atomic mass is 9.83. The molecule has 1 saturated heterocycles. The number of nitrogens with zero attached hydrogens (tertiary/aromatic N) is 1. The zero-order chi connectivity index (χ0) is 18.6. The molecule has 3 heterocycles. The van der Waals surface area contributed by atoms with Crippen molar-refractivity contribution >= 4 is 11.9 Å². The van der Waals surface area contributed by atoms with E-state index in [0.717, 1.165) is 17.5 Å². The third kappa shape index (κ3) is 2.47. The Labute approximate surface area is 150 Å². The molecule has 140 valence electrons. The van der Waals surface area contributed by atoms with E-state index in [9.17, 15) is 9.59 Å². The molecule has 0 aromatic heterocycles. The van der Waals surface area contributed by atoms with Gasteiger partial charge in [-0.1, -0.05) is 0 Å². The summed E-state index contributed by atoms with van der Waals surface area (Å²) in [7, 11) is 3.39. The Morgan fingerprint density at radius 1 is 1.19 bits per heavy atom. The molecule has 1 atom stereocenters. The standard InChI is InChI=1S/C18H21NO7/c1-18(2)25-16(20)12(17(21)26-18)13-11-9(5-6-19(13)3)7-10-14(15(11)22-4)24-8-23-10/h7,12-13H,5-6,8H2,1-4H3/t13-/m1/s1. The van der Waals surface area contributed by atoms with Gasteiger partial charge in [0.05, 0.1) is 13.2 Å². The number of carbonyl (C=O) groups is 2. The number of fused-ring (bicyclic) bond motifs is 2. The normalized spacial score (nSPS) is 24.7. The molecular weight excluding hydrogens is 342 g/mol. The van der Waals surface area contributed by atoms with Crippen LogP contribution in [0.15, 0.2) is 6.07 Å². The number of carbonyl (C=O) groups excluding carboxylic acids is 2. The van der Waals surface area contributed by atoms with Crippen molar-refractivity contribution < 1.29 is 33.3 Å². The molecule has 0 radical (unpaired) electrons. The van der Waals surface area contributed by atoms with Crippen LogP contribution in [0.3, 0.4) is 0 Å². The van der Waals surface area contributed by atoms with Crippen LogP contribution in [0.2, 0.25) is 0 Å². The van der Waals surface area contributed by atoms with Crippen molar-refractivity contribution in [3.05, 3.63) is 17.2 Å². The fourth-order valence-electron chi connectivity index (χ4n) is 3.87. The van der Waals surface area contributed by atoms with Crippen LogP contribution in [0.25, 0.3) is 0 Å². The van der Waals surface area contributed by atoms with Gasteiger partial charge in [0.2, 0.25) is 12.5 Å². The van der Waals surface area contributed by atoms with E-state index in [1.165, 1.54) is 21.0 Å². The van der Waals surface area contributed by atoms with Gasteiger partial charge in [-0.2, -0.15) is 0 Å². The number of likely N-dealkylation sites (N-methyl/N-ethyl adjacent to an activating group) is 1. The molecule has 26 heavy (non-hydrogen) atoms. The Hall–Kier alpha value is -2.48. The van der Waals surface area contributed by atoms with E-state index in [-0.39, 0.29) is 6.79 Å². The minimum absolute atomic E-state index is 0.108. The average molecular weight is 363 g/mol. The fraction of sp³-hybridized carbons (Fsp3) is 0.556. The highest BCUT2D eigenvalue weighted by atomic mass is 16.7. The highest BCUT2D eigenvalue weighted by Gasteiger charge is 2.51. The lowest BCUT2D eigenvalue weighted by Crippen LogP contribution is -2.52. The summed E-state index contributed by atoms with van der Waals surface area (Å²) in [5.74, 6) is -1.98. The van der Waals surface area contributed by atoms with E-state index < -0.39 is 29.7 Å². The van der Waals surface area contributed by atoms with Gasteiger partial charge < -0.3 is 23.7 Å². The molecule has 0 spiro atoms. The number of methoxy groups -OCH3 is 1. The number of cyclic esters (lactones) is 2. The average Bonchev–Trinajstić information content (AvgIpc) is 3.01. The second-order valence-electron chi connectivity index (χ2n) is 7.11. The molecule has 8 nitrogen and oxygen atoms in total. The van der Waals surface area contributed by atoms with Gasteiger partial charge in [-0.15, -0.1) is 0 Å². The summed E-state index contributed by atoms with van der Waals surface area (Å²) < 4.78 is 27.3. The third-order valence-corrected chi connectivity index (χ3v) is 4.97. The summed E-state index contributed by atoms with van der Waals surface area (Å²) in [5.41, 5.74) is 1.70. The molecule has 8 heteroatoms. The fourth-order valence-corrected chi connectivity index (χ4v) is 3.87. The second kappa shape index (κ2) is 5.77. The molecule has 1 fully saturated rings. The van der Waals surface area contributed by atoms with Crippen molar-refractivity contribution in [2.24, 2.45) is 5.92 Å². The van der Waals surface area contributed by atoms with Crippen molar-refractivity contribution in [1.82, 2.24) is 4.90 Å². The Kier molecular flexibility index (Phi) is 3.76.